The van der Waals surface area contributed by atoms with Crippen LogP contribution < -0.4 is 0 Å². The summed E-state index contributed by atoms with van der Waals surface area (Å²) in [5.41, 5.74) is 1.56. The van der Waals surface area contributed by atoms with Crippen LogP contribution in [0.15, 0.2) is 18.2 Å². The number of aryl methyl sites for hydroxylation is 1. The highest BCUT2D eigenvalue weighted by Crippen LogP contribution is 2.49. The molecule has 5 heteroatoms. The first-order valence-corrected chi connectivity index (χ1v) is 8.10. The molecule has 0 bridgehead atoms. The van der Waals surface area contributed by atoms with Crippen molar-refractivity contribution in [3.63, 3.8) is 0 Å². The molecule has 1 aliphatic carbocycles. The highest BCUT2D eigenvalue weighted by atomic mass is 32.2. The maximum Gasteiger partial charge on any atom is 0.306 e. The summed E-state index contributed by atoms with van der Waals surface area (Å²) in [7, 11) is 0.277. The minimum atomic E-state index is -1.09. The molecular weight excluding hydrogens is 279 g/mol. The molecule has 0 heterocycles. The SMILES string of the molecule is COC(=O)CC1(CS(=O)Cc2cc(F)ccc2C)CC1. The zero-order chi connectivity index (χ0) is 14.8. The van der Waals surface area contributed by atoms with Crippen molar-refractivity contribution >= 4 is 16.8 Å². The number of carbonyl (C=O) groups is 1. The Morgan fingerprint density at radius 2 is 2.15 bits per heavy atom. The number of esters is 1. The normalized spacial score (nSPS) is 17.6. The summed E-state index contributed by atoms with van der Waals surface area (Å²) in [6.07, 6.45) is 2.16. The number of hydrogen-bond acceptors (Lipinski definition) is 3. The highest BCUT2D eigenvalue weighted by Gasteiger charge is 2.45. The molecule has 1 atom stereocenters. The van der Waals surface area contributed by atoms with Gasteiger partial charge in [-0.15, -0.1) is 0 Å². The second kappa shape index (κ2) is 6.04. The van der Waals surface area contributed by atoms with Crippen LogP contribution in [0.5, 0.6) is 0 Å². The number of halogens is 1. The van der Waals surface area contributed by atoms with Gasteiger partial charge in [0.05, 0.1) is 13.5 Å². The third kappa shape index (κ3) is 3.88. The van der Waals surface area contributed by atoms with Crippen LogP contribution in [0, 0.1) is 18.2 Å². The Morgan fingerprint density at radius 1 is 1.45 bits per heavy atom. The van der Waals surface area contributed by atoms with Crippen LogP contribution in [0.3, 0.4) is 0 Å². The smallest absolute Gasteiger partial charge is 0.306 e. The zero-order valence-electron chi connectivity index (χ0n) is 11.8. The van der Waals surface area contributed by atoms with Gasteiger partial charge in [0, 0.05) is 22.3 Å². The molecule has 1 aliphatic rings. The van der Waals surface area contributed by atoms with Crippen LogP contribution in [-0.2, 0) is 26.1 Å². The molecule has 2 rings (SSSR count). The maximum atomic E-state index is 13.2. The van der Waals surface area contributed by atoms with Gasteiger partial charge in [0.1, 0.15) is 5.82 Å². The average molecular weight is 298 g/mol. The zero-order valence-corrected chi connectivity index (χ0v) is 12.6. The first kappa shape index (κ1) is 15.2. The third-order valence-corrected chi connectivity index (χ3v) is 5.37. The van der Waals surface area contributed by atoms with Gasteiger partial charge in [-0.05, 0) is 48.4 Å². The minimum Gasteiger partial charge on any atom is -0.469 e. The summed E-state index contributed by atoms with van der Waals surface area (Å²) in [6, 6.07) is 4.54. The molecule has 20 heavy (non-hydrogen) atoms. The van der Waals surface area contributed by atoms with Gasteiger partial charge in [-0.25, -0.2) is 4.39 Å². The largest absolute Gasteiger partial charge is 0.469 e. The molecule has 0 amide bonds. The summed E-state index contributed by atoms with van der Waals surface area (Å²) in [5, 5.41) is 0. The van der Waals surface area contributed by atoms with Crippen LogP contribution in [0.2, 0.25) is 0 Å². The number of ether oxygens (including phenoxy) is 1. The van der Waals surface area contributed by atoms with Crippen molar-refractivity contribution in [2.45, 2.75) is 31.9 Å². The van der Waals surface area contributed by atoms with Gasteiger partial charge in [0.25, 0.3) is 0 Å². The second-order valence-corrected chi connectivity index (χ2v) is 7.01. The Bertz CT molecular complexity index is 538. The molecule has 1 aromatic rings. The monoisotopic (exact) mass is 298 g/mol. The molecule has 1 unspecified atom stereocenters. The van der Waals surface area contributed by atoms with E-state index in [-0.39, 0.29) is 17.2 Å². The lowest BCUT2D eigenvalue weighted by Gasteiger charge is -2.13. The van der Waals surface area contributed by atoms with Gasteiger partial charge in [0.2, 0.25) is 0 Å². The van der Waals surface area contributed by atoms with Crippen molar-refractivity contribution < 1.29 is 18.1 Å². The molecular formula is C15H19FO3S. The lowest BCUT2D eigenvalue weighted by Crippen LogP contribution is -2.18. The van der Waals surface area contributed by atoms with Gasteiger partial charge in [-0.3, -0.25) is 9.00 Å². The molecule has 0 radical (unpaired) electrons. The van der Waals surface area contributed by atoms with Gasteiger partial charge >= 0.3 is 5.97 Å². The van der Waals surface area contributed by atoms with E-state index in [1.807, 2.05) is 6.92 Å². The molecule has 3 nitrogen and oxygen atoms in total. The summed E-state index contributed by atoms with van der Waals surface area (Å²) in [4.78, 5) is 11.3. The molecule has 0 spiro atoms. The number of methoxy groups -OCH3 is 1. The van der Waals surface area contributed by atoms with Crippen LogP contribution in [0.4, 0.5) is 4.39 Å². The molecule has 1 saturated carbocycles. The Hall–Kier alpha value is -1.23. The van der Waals surface area contributed by atoms with E-state index in [0.717, 1.165) is 24.0 Å². The number of benzene rings is 1. The van der Waals surface area contributed by atoms with E-state index in [0.29, 0.717) is 17.9 Å². The molecule has 1 aromatic carbocycles. The molecule has 110 valence electrons. The fourth-order valence-electron chi connectivity index (χ4n) is 2.29. The summed E-state index contributed by atoms with van der Waals surface area (Å²) in [6.45, 7) is 1.88. The van der Waals surface area contributed by atoms with Gasteiger partial charge in [0.15, 0.2) is 0 Å². The van der Waals surface area contributed by atoms with Crippen molar-refractivity contribution in [3.05, 3.63) is 35.1 Å². The Kier molecular flexibility index (Phi) is 4.58. The molecule has 0 aliphatic heterocycles. The van der Waals surface area contributed by atoms with E-state index in [1.165, 1.54) is 19.2 Å². The first-order chi connectivity index (χ1) is 9.44. The number of rotatable bonds is 6. The topological polar surface area (TPSA) is 43.4 Å². The second-order valence-electron chi connectivity index (χ2n) is 5.55. The molecule has 1 fully saturated rings. The maximum absolute atomic E-state index is 13.2. The predicted molar refractivity (Wildman–Crippen MR) is 76.2 cm³/mol. The molecule has 0 saturated heterocycles. The fourth-order valence-corrected chi connectivity index (χ4v) is 4.12. The van der Waals surface area contributed by atoms with Crippen LogP contribution >= 0.6 is 0 Å². The van der Waals surface area contributed by atoms with Gasteiger partial charge in [-0.2, -0.15) is 0 Å². The van der Waals surface area contributed by atoms with Crippen molar-refractivity contribution in [2.75, 3.05) is 12.9 Å². The van der Waals surface area contributed by atoms with E-state index in [2.05, 4.69) is 4.74 Å². The standard InChI is InChI=1S/C15H19FO3S/c1-11-3-4-13(16)7-12(11)9-20(18)10-15(5-6-15)8-14(17)19-2/h3-4,7H,5-6,8-10H2,1-2H3. The van der Waals surface area contributed by atoms with Crippen molar-refractivity contribution in [1.29, 1.82) is 0 Å². The van der Waals surface area contributed by atoms with E-state index in [1.54, 1.807) is 6.07 Å². The number of carbonyl (C=O) groups excluding carboxylic acids is 1. The summed E-state index contributed by atoms with van der Waals surface area (Å²) in [5.74, 6) is 0.268. The van der Waals surface area contributed by atoms with Crippen LogP contribution in [0.1, 0.15) is 30.4 Å². The first-order valence-electron chi connectivity index (χ1n) is 6.61. The van der Waals surface area contributed by atoms with Crippen molar-refractivity contribution in [3.8, 4) is 0 Å². The third-order valence-electron chi connectivity index (χ3n) is 3.80. The molecule has 0 aromatic heterocycles. The van der Waals surface area contributed by atoms with Gasteiger partial charge < -0.3 is 4.74 Å². The Morgan fingerprint density at radius 3 is 2.75 bits per heavy atom. The van der Waals surface area contributed by atoms with E-state index < -0.39 is 10.8 Å². The van der Waals surface area contributed by atoms with E-state index in [9.17, 15) is 13.4 Å². The highest BCUT2D eigenvalue weighted by molar-refractivity contribution is 7.84. The number of hydrogen-bond donors (Lipinski definition) is 0. The van der Waals surface area contributed by atoms with Crippen LogP contribution in [-0.4, -0.2) is 23.0 Å². The van der Waals surface area contributed by atoms with Gasteiger partial charge in [-0.1, -0.05) is 6.07 Å². The predicted octanol–water partition coefficient (Wildman–Crippen LogP) is 2.73. The van der Waals surface area contributed by atoms with Crippen molar-refractivity contribution in [1.82, 2.24) is 0 Å². The summed E-state index contributed by atoms with van der Waals surface area (Å²) >= 11 is 0. The lowest BCUT2D eigenvalue weighted by atomic mass is 10.1. The van der Waals surface area contributed by atoms with E-state index >= 15 is 0 Å². The average Bonchev–Trinajstić information content (AvgIpc) is 3.12. The van der Waals surface area contributed by atoms with E-state index in [4.69, 9.17) is 0 Å². The Balaban J connectivity index is 1.96. The molecule has 0 N–H and O–H groups in total. The quantitative estimate of drug-likeness (QED) is 0.758. The van der Waals surface area contributed by atoms with Crippen LogP contribution in [0.25, 0.3) is 0 Å². The van der Waals surface area contributed by atoms with Crippen molar-refractivity contribution in [2.24, 2.45) is 5.41 Å². The lowest BCUT2D eigenvalue weighted by molar-refractivity contribution is -0.141. The summed E-state index contributed by atoms with van der Waals surface area (Å²) < 4.78 is 30.1. The fraction of sp³-hybridized carbons (Fsp3) is 0.533. The minimum absolute atomic E-state index is 0.154. The Labute approximate surface area is 121 Å².